The maximum absolute atomic E-state index is 13.1. The SMILES string of the molecule is COC(=O)c1cccc(NC(=O)c2ccc(C)c(S(=O)(=O)Nc3ccc(C)cc3C)c2)c1. The number of carbonyl (C=O) groups is 2. The number of methoxy groups -OCH3 is 1. The van der Waals surface area contributed by atoms with Crippen molar-refractivity contribution in [2.75, 3.05) is 17.1 Å². The van der Waals surface area contributed by atoms with E-state index in [1.807, 2.05) is 26.0 Å². The summed E-state index contributed by atoms with van der Waals surface area (Å²) in [6, 6.07) is 16.2. The number of benzene rings is 3. The number of sulfonamides is 1. The molecule has 166 valence electrons. The Hall–Kier alpha value is -3.65. The topological polar surface area (TPSA) is 102 Å². The fourth-order valence-corrected chi connectivity index (χ4v) is 4.61. The maximum Gasteiger partial charge on any atom is 0.337 e. The van der Waals surface area contributed by atoms with Crippen LogP contribution in [0.4, 0.5) is 11.4 Å². The maximum atomic E-state index is 13.1. The van der Waals surface area contributed by atoms with E-state index in [1.54, 1.807) is 43.3 Å². The molecule has 2 N–H and O–H groups in total. The number of nitrogens with one attached hydrogen (secondary N) is 2. The van der Waals surface area contributed by atoms with Crippen LogP contribution in [0, 0.1) is 20.8 Å². The van der Waals surface area contributed by atoms with Crippen LogP contribution in [-0.2, 0) is 14.8 Å². The van der Waals surface area contributed by atoms with Crippen molar-refractivity contribution in [2.45, 2.75) is 25.7 Å². The molecule has 8 heteroatoms. The third kappa shape index (κ3) is 5.15. The lowest BCUT2D eigenvalue weighted by Crippen LogP contribution is -2.17. The first kappa shape index (κ1) is 23.0. The first-order chi connectivity index (χ1) is 15.1. The number of aryl methyl sites for hydroxylation is 3. The zero-order valence-electron chi connectivity index (χ0n) is 18.2. The molecule has 0 aromatic heterocycles. The van der Waals surface area contributed by atoms with Gasteiger partial charge in [0.25, 0.3) is 15.9 Å². The van der Waals surface area contributed by atoms with Gasteiger partial charge in [0.05, 0.1) is 23.3 Å². The first-order valence-electron chi connectivity index (χ1n) is 9.81. The van der Waals surface area contributed by atoms with Gasteiger partial charge in [-0.1, -0.05) is 29.8 Å². The predicted octanol–water partition coefficient (Wildman–Crippen LogP) is 4.45. The number of rotatable bonds is 6. The molecule has 0 fully saturated rings. The van der Waals surface area contributed by atoms with Crippen LogP contribution in [0.3, 0.4) is 0 Å². The van der Waals surface area contributed by atoms with Crippen molar-refractivity contribution in [2.24, 2.45) is 0 Å². The van der Waals surface area contributed by atoms with Crippen LogP contribution in [0.15, 0.2) is 65.6 Å². The molecule has 0 aliphatic rings. The van der Waals surface area contributed by atoms with Crippen LogP contribution in [-0.4, -0.2) is 27.4 Å². The molecule has 32 heavy (non-hydrogen) atoms. The Balaban J connectivity index is 1.88. The van der Waals surface area contributed by atoms with Gasteiger partial charge in [-0.2, -0.15) is 0 Å². The molecule has 0 aliphatic carbocycles. The van der Waals surface area contributed by atoms with E-state index in [-0.39, 0.29) is 16.0 Å². The van der Waals surface area contributed by atoms with E-state index < -0.39 is 21.9 Å². The molecule has 0 saturated heterocycles. The van der Waals surface area contributed by atoms with Crippen LogP contribution < -0.4 is 10.0 Å². The molecule has 1 amide bonds. The van der Waals surface area contributed by atoms with Crippen LogP contribution in [0.1, 0.15) is 37.4 Å². The smallest absolute Gasteiger partial charge is 0.337 e. The molecule has 0 spiro atoms. The molecule has 0 aliphatic heterocycles. The van der Waals surface area contributed by atoms with Crippen molar-refractivity contribution in [1.82, 2.24) is 0 Å². The average Bonchev–Trinajstić information content (AvgIpc) is 2.75. The van der Waals surface area contributed by atoms with Crippen LogP contribution >= 0.6 is 0 Å². The predicted molar refractivity (Wildman–Crippen MR) is 124 cm³/mol. The number of esters is 1. The Morgan fingerprint density at radius 1 is 0.844 bits per heavy atom. The molecule has 0 unspecified atom stereocenters. The van der Waals surface area contributed by atoms with E-state index in [9.17, 15) is 18.0 Å². The van der Waals surface area contributed by atoms with Gasteiger partial charge in [0.2, 0.25) is 0 Å². The molecule has 3 aromatic carbocycles. The van der Waals surface area contributed by atoms with E-state index in [0.29, 0.717) is 16.9 Å². The highest BCUT2D eigenvalue weighted by atomic mass is 32.2. The molecule has 3 rings (SSSR count). The number of hydrogen-bond donors (Lipinski definition) is 2. The largest absolute Gasteiger partial charge is 0.465 e. The van der Waals surface area contributed by atoms with Gasteiger partial charge >= 0.3 is 5.97 Å². The lowest BCUT2D eigenvalue weighted by molar-refractivity contribution is 0.0600. The van der Waals surface area contributed by atoms with Gasteiger partial charge in [0, 0.05) is 11.3 Å². The number of carbonyl (C=O) groups excluding carboxylic acids is 2. The molecule has 0 bridgehead atoms. The minimum absolute atomic E-state index is 0.00781. The van der Waals surface area contributed by atoms with Gasteiger partial charge < -0.3 is 10.1 Å². The minimum atomic E-state index is -3.92. The number of amides is 1. The molecule has 0 atom stereocenters. The van der Waals surface area contributed by atoms with E-state index in [4.69, 9.17) is 0 Å². The van der Waals surface area contributed by atoms with Gasteiger partial charge in [-0.05, 0) is 68.3 Å². The van der Waals surface area contributed by atoms with E-state index in [2.05, 4.69) is 14.8 Å². The van der Waals surface area contributed by atoms with E-state index >= 15 is 0 Å². The Morgan fingerprint density at radius 3 is 2.28 bits per heavy atom. The minimum Gasteiger partial charge on any atom is -0.465 e. The Bertz CT molecular complexity index is 1300. The molecule has 3 aromatic rings. The highest BCUT2D eigenvalue weighted by Crippen LogP contribution is 2.24. The van der Waals surface area contributed by atoms with Crippen molar-refractivity contribution in [3.63, 3.8) is 0 Å². The van der Waals surface area contributed by atoms with E-state index in [0.717, 1.165) is 11.1 Å². The zero-order chi connectivity index (χ0) is 23.5. The third-order valence-corrected chi connectivity index (χ3v) is 6.42. The molecular formula is C24H24N2O5S. The molecule has 0 heterocycles. The Morgan fingerprint density at radius 2 is 1.59 bits per heavy atom. The lowest BCUT2D eigenvalue weighted by atomic mass is 10.1. The summed E-state index contributed by atoms with van der Waals surface area (Å²) in [5.74, 6) is -1.03. The van der Waals surface area contributed by atoms with Crippen molar-refractivity contribution >= 4 is 33.3 Å². The Kier molecular flexibility index (Phi) is 6.64. The summed E-state index contributed by atoms with van der Waals surface area (Å²) >= 11 is 0. The summed E-state index contributed by atoms with van der Waals surface area (Å²) in [5.41, 5.74) is 3.64. The fourth-order valence-electron chi connectivity index (χ4n) is 3.20. The molecule has 0 radical (unpaired) electrons. The molecular weight excluding hydrogens is 428 g/mol. The fraction of sp³-hybridized carbons (Fsp3) is 0.167. The normalized spacial score (nSPS) is 11.0. The van der Waals surface area contributed by atoms with Crippen molar-refractivity contribution in [3.8, 4) is 0 Å². The highest BCUT2D eigenvalue weighted by Gasteiger charge is 2.20. The summed E-state index contributed by atoms with van der Waals surface area (Å²) in [6.45, 7) is 5.42. The second-order valence-corrected chi connectivity index (χ2v) is 9.08. The van der Waals surface area contributed by atoms with Crippen LogP contribution in [0.2, 0.25) is 0 Å². The monoisotopic (exact) mass is 452 g/mol. The van der Waals surface area contributed by atoms with Crippen molar-refractivity contribution < 1.29 is 22.7 Å². The van der Waals surface area contributed by atoms with Gasteiger partial charge in [0.1, 0.15) is 0 Å². The lowest BCUT2D eigenvalue weighted by Gasteiger charge is -2.14. The standard InChI is InChI=1S/C24H24N2O5S/c1-15-8-11-21(17(3)12-15)26-32(29,30)22-14-18(10-9-16(22)2)23(27)25-20-7-5-6-19(13-20)24(28)31-4/h5-14,26H,1-4H3,(H,25,27). The van der Waals surface area contributed by atoms with Crippen LogP contribution in [0.25, 0.3) is 0 Å². The second kappa shape index (κ2) is 9.23. The van der Waals surface area contributed by atoms with Gasteiger partial charge in [-0.25, -0.2) is 13.2 Å². The number of anilines is 2. The molecule has 7 nitrogen and oxygen atoms in total. The summed E-state index contributed by atoms with van der Waals surface area (Å²) in [7, 11) is -2.65. The van der Waals surface area contributed by atoms with Gasteiger partial charge in [0.15, 0.2) is 0 Å². The summed E-state index contributed by atoms with van der Waals surface area (Å²) in [4.78, 5) is 24.5. The average molecular weight is 453 g/mol. The summed E-state index contributed by atoms with van der Waals surface area (Å²) < 4.78 is 33.4. The summed E-state index contributed by atoms with van der Waals surface area (Å²) in [5, 5.41) is 2.68. The number of ether oxygens (including phenoxy) is 1. The Labute approximate surface area is 187 Å². The third-order valence-electron chi connectivity index (χ3n) is 4.91. The van der Waals surface area contributed by atoms with Gasteiger partial charge in [-0.15, -0.1) is 0 Å². The molecule has 0 saturated carbocycles. The summed E-state index contributed by atoms with van der Waals surface area (Å²) in [6.07, 6.45) is 0. The zero-order valence-corrected chi connectivity index (χ0v) is 19.0. The second-order valence-electron chi connectivity index (χ2n) is 7.43. The number of hydrogen-bond acceptors (Lipinski definition) is 5. The quantitative estimate of drug-likeness (QED) is 0.538. The van der Waals surface area contributed by atoms with Crippen molar-refractivity contribution in [3.05, 3.63) is 88.5 Å². The van der Waals surface area contributed by atoms with Crippen molar-refractivity contribution in [1.29, 1.82) is 0 Å². The first-order valence-corrected chi connectivity index (χ1v) is 11.3. The van der Waals surface area contributed by atoms with Crippen LogP contribution in [0.5, 0.6) is 0 Å². The van der Waals surface area contributed by atoms with E-state index in [1.165, 1.54) is 19.2 Å². The highest BCUT2D eigenvalue weighted by molar-refractivity contribution is 7.92. The van der Waals surface area contributed by atoms with Gasteiger partial charge in [-0.3, -0.25) is 9.52 Å².